The van der Waals surface area contributed by atoms with Crippen molar-refractivity contribution in [2.45, 2.75) is 44.5 Å². The second-order valence-corrected chi connectivity index (χ2v) is 4.77. The molecule has 0 bridgehead atoms. The Balaban J connectivity index is 2.70. The van der Waals surface area contributed by atoms with Gasteiger partial charge < -0.3 is 14.9 Å². The average molecular weight is 264 g/mol. The summed E-state index contributed by atoms with van der Waals surface area (Å²) >= 11 is 0. The van der Waals surface area contributed by atoms with E-state index in [2.05, 4.69) is 4.52 Å². The zero-order valence-corrected chi connectivity index (χ0v) is 10.5. The number of ether oxygens (including phenoxy) is 1. The lowest BCUT2D eigenvalue weighted by molar-refractivity contribution is -0.256. The Labute approximate surface area is 102 Å². The molecule has 1 fully saturated rings. The molecule has 7 nitrogen and oxygen atoms in total. The van der Waals surface area contributed by atoms with Crippen LogP contribution in [-0.2, 0) is 13.8 Å². The standard InChI is InChI=1S/C8H15BNO6P/c1-4(2)10-7(11)5(3-15-17(13)14)16-6(9)8(10)12/h4-8,11-12H,3H2,1-2H3/p+1. The molecule has 5 unspecified atom stereocenters. The van der Waals surface area contributed by atoms with Gasteiger partial charge in [0.2, 0.25) is 0 Å². The van der Waals surface area contributed by atoms with E-state index in [4.69, 9.17) is 17.5 Å². The first-order valence-electron chi connectivity index (χ1n) is 5.18. The summed E-state index contributed by atoms with van der Waals surface area (Å²) in [4.78, 5) is 9.87. The molecule has 1 aliphatic rings. The molecular weight excluding hydrogens is 248 g/mol. The molecule has 2 radical (unpaired) electrons. The molecule has 1 rings (SSSR count). The van der Waals surface area contributed by atoms with Crippen molar-refractivity contribution in [1.82, 2.24) is 4.90 Å². The van der Waals surface area contributed by atoms with E-state index in [9.17, 15) is 14.8 Å². The van der Waals surface area contributed by atoms with Crippen molar-refractivity contribution in [2.24, 2.45) is 0 Å². The molecule has 96 valence electrons. The second-order valence-electron chi connectivity index (χ2n) is 4.04. The van der Waals surface area contributed by atoms with Crippen LogP contribution in [0, 0.1) is 0 Å². The minimum Gasteiger partial charge on any atom is -0.376 e. The third-order valence-corrected chi connectivity index (χ3v) is 2.88. The zero-order valence-electron chi connectivity index (χ0n) is 9.63. The molecule has 9 heteroatoms. The van der Waals surface area contributed by atoms with Gasteiger partial charge in [0.25, 0.3) is 0 Å². The molecule has 5 atom stereocenters. The van der Waals surface area contributed by atoms with Gasteiger partial charge in [-0.05, 0) is 13.8 Å². The Bertz CT molecular complexity index is 281. The third kappa shape index (κ3) is 3.69. The largest absolute Gasteiger partial charge is 0.694 e. The number of aliphatic hydroxyl groups excluding tert-OH is 2. The molecule has 0 spiro atoms. The molecule has 0 saturated carbocycles. The number of aliphatic hydroxyl groups is 2. The molecule has 3 N–H and O–H groups in total. The first kappa shape index (κ1) is 15.0. The first-order valence-corrected chi connectivity index (χ1v) is 6.31. The van der Waals surface area contributed by atoms with Crippen LogP contribution in [0.1, 0.15) is 13.8 Å². The number of hydrogen-bond donors (Lipinski definition) is 3. The summed E-state index contributed by atoms with van der Waals surface area (Å²) in [5, 5.41) is 19.7. The van der Waals surface area contributed by atoms with Crippen molar-refractivity contribution in [3.8, 4) is 0 Å². The third-order valence-electron chi connectivity index (χ3n) is 2.51. The van der Waals surface area contributed by atoms with E-state index in [0.717, 1.165) is 0 Å². The summed E-state index contributed by atoms with van der Waals surface area (Å²) in [6.07, 6.45) is -3.18. The summed E-state index contributed by atoms with van der Waals surface area (Å²) in [5.41, 5.74) is 0. The first-order chi connectivity index (χ1) is 7.84. The second kappa shape index (κ2) is 6.20. The van der Waals surface area contributed by atoms with Gasteiger partial charge in [0.05, 0.1) is 6.00 Å². The van der Waals surface area contributed by atoms with Crippen LogP contribution in [0.3, 0.4) is 0 Å². The van der Waals surface area contributed by atoms with Crippen LogP contribution in [-0.4, -0.2) is 65.1 Å². The van der Waals surface area contributed by atoms with E-state index >= 15 is 0 Å². The minimum absolute atomic E-state index is 0.166. The van der Waals surface area contributed by atoms with Crippen LogP contribution in [0.2, 0.25) is 0 Å². The Kier molecular flexibility index (Phi) is 5.46. The lowest BCUT2D eigenvalue weighted by Gasteiger charge is -2.46. The summed E-state index contributed by atoms with van der Waals surface area (Å²) in [6, 6.07) is -1.17. The molecule has 0 amide bonds. The van der Waals surface area contributed by atoms with Crippen molar-refractivity contribution in [2.75, 3.05) is 6.61 Å². The number of morpholine rings is 1. The Hall–Kier alpha value is -0.0751. The van der Waals surface area contributed by atoms with Crippen LogP contribution in [0.4, 0.5) is 0 Å². The van der Waals surface area contributed by atoms with E-state index in [1.54, 1.807) is 13.8 Å². The molecule has 1 heterocycles. The van der Waals surface area contributed by atoms with Crippen molar-refractivity contribution in [3.05, 3.63) is 0 Å². The van der Waals surface area contributed by atoms with Crippen LogP contribution < -0.4 is 0 Å². The van der Waals surface area contributed by atoms with Crippen LogP contribution in [0.5, 0.6) is 0 Å². The summed E-state index contributed by atoms with van der Waals surface area (Å²) < 4.78 is 20.0. The molecule has 0 aromatic carbocycles. The SMILES string of the molecule is [B]C1OC(CO[P+](=O)O)C(O)N(C(C)C)C1O. The quantitative estimate of drug-likeness (QED) is 0.437. The van der Waals surface area contributed by atoms with Gasteiger partial charge in [-0.2, -0.15) is 0 Å². The number of rotatable bonds is 4. The predicted molar refractivity (Wildman–Crippen MR) is 59.2 cm³/mol. The van der Waals surface area contributed by atoms with Gasteiger partial charge in [-0.3, -0.25) is 0 Å². The maximum atomic E-state index is 10.4. The molecule has 1 saturated heterocycles. The van der Waals surface area contributed by atoms with Crippen LogP contribution >= 0.6 is 8.25 Å². The average Bonchev–Trinajstić information content (AvgIpc) is 2.21. The van der Waals surface area contributed by atoms with Crippen molar-refractivity contribution in [3.63, 3.8) is 0 Å². The molecule has 1 aliphatic heterocycles. The highest BCUT2D eigenvalue weighted by molar-refractivity contribution is 7.32. The number of nitrogens with zero attached hydrogens (tertiary/aromatic N) is 1. The maximum Gasteiger partial charge on any atom is 0.694 e. The molecule has 0 aliphatic carbocycles. The fourth-order valence-electron chi connectivity index (χ4n) is 1.73. The van der Waals surface area contributed by atoms with Gasteiger partial charge in [-0.1, -0.05) is 0 Å². The summed E-state index contributed by atoms with van der Waals surface area (Å²) in [6.45, 7) is 3.26. The van der Waals surface area contributed by atoms with Gasteiger partial charge in [-0.15, -0.1) is 9.42 Å². The summed E-state index contributed by atoms with van der Waals surface area (Å²) in [5.74, 6) is 0. The summed E-state index contributed by atoms with van der Waals surface area (Å²) in [7, 11) is 2.79. The van der Waals surface area contributed by atoms with Gasteiger partial charge in [0, 0.05) is 10.6 Å². The van der Waals surface area contributed by atoms with Gasteiger partial charge in [0.15, 0.2) is 0 Å². The highest BCUT2D eigenvalue weighted by Crippen LogP contribution is 2.25. The predicted octanol–water partition coefficient (Wildman–Crippen LogP) is -1.11. The van der Waals surface area contributed by atoms with Crippen LogP contribution in [0.25, 0.3) is 0 Å². The van der Waals surface area contributed by atoms with E-state index in [0.29, 0.717) is 0 Å². The van der Waals surface area contributed by atoms with Gasteiger partial charge >= 0.3 is 8.25 Å². The molecule has 0 aromatic heterocycles. The lowest BCUT2D eigenvalue weighted by atomic mass is 9.94. The van der Waals surface area contributed by atoms with E-state index in [1.807, 2.05) is 0 Å². The van der Waals surface area contributed by atoms with Gasteiger partial charge in [-0.25, -0.2) is 4.90 Å². The highest BCUT2D eigenvalue weighted by atomic mass is 31.1. The van der Waals surface area contributed by atoms with E-state index < -0.39 is 32.8 Å². The minimum atomic E-state index is -2.76. The topological polar surface area (TPSA) is 99.5 Å². The fourth-order valence-corrected chi connectivity index (χ4v) is 2.01. The molecular formula is C8H16BNO6P+. The van der Waals surface area contributed by atoms with Crippen molar-refractivity contribution < 1.29 is 28.9 Å². The van der Waals surface area contributed by atoms with Crippen molar-refractivity contribution >= 4 is 16.1 Å². The highest BCUT2D eigenvalue weighted by Gasteiger charge is 2.42. The lowest BCUT2D eigenvalue weighted by Crippen LogP contribution is -2.63. The smallest absolute Gasteiger partial charge is 0.376 e. The number of hydrogen-bond acceptors (Lipinski definition) is 6. The Morgan fingerprint density at radius 2 is 2.06 bits per heavy atom. The Morgan fingerprint density at radius 3 is 2.53 bits per heavy atom. The van der Waals surface area contributed by atoms with Gasteiger partial charge in [0.1, 0.15) is 33.0 Å². The fraction of sp³-hybridized carbons (Fsp3) is 1.00. The van der Waals surface area contributed by atoms with Crippen molar-refractivity contribution in [1.29, 1.82) is 0 Å². The molecule has 17 heavy (non-hydrogen) atoms. The normalized spacial score (nSPS) is 36.2. The van der Waals surface area contributed by atoms with Crippen LogP contribution in [0.15, 0.2) is 0 Å². The van der Waals surface area contributed by atoms with E-state index in [-0.39, 0.29) is 12.6 Å². The molecule has 0 aromatic rings. The zero-order chi connectivity index (χ0) is 13.2. The van der Waals surface area contributed by atoms with E-state index in [1.165, 1.54) is 4.90 Å². The maximum absolute atomic E-state index is 10.4. The monoisotopic (exact) mass is 264 g/mol. The Morgan fingerprint density at radius 1 is 1.47 bits per heavy atom.